The molecule has 0 unspecified atom stereocenters. The van der Waals surface area contributed by atoms with Crippen molar-refractivity contribution in [2.24, 2.45) is 0 Å². The van der Waals surface area contributed by atoms with E-state index in [9.17, 15) is 4.79 Å². The van der Waals surface area contributed by atoms with E-state index < -0.39 is 0 Å². The fraction of sp³-hybridized carbons (Fsp3) is 0.0385. The van der Waals surface area contributed by atoms with Crippen LogP contribution in [0.25, 0.3) is 32.0 Å². The Hall–Kier alpha value is -3.43. The van der Waals surface area contributed by atoms with Gasteiger partial charge in [0, 0.05) is 26.7 Å². The molecule has 5 rings (SSSR count). The summed E-state index contributed by atoms with van der Waals surface area (Å²) in [5, 5.41) is 8.52. The average Bonchev–Trinajstić information content (AvgIpc) is 3.23. The minimum absolute atomic E-state index is 0.0926. The van der Waals surface area contributed by atoms with Crippen molar-refractivity contribution in [1.82, 2.24) is 0 Å². The van der Waals surface area contributed by atoms with Crippen LogP contribution < -0.4 is 5.32 Å². The zero-order chi connectivity index (χ0) is 19.8. The third-order valence-corrected chi connectivity index (χ3v) is 6.10. The van der Waals surface area contributed by atoms with Crippen LogP contribution in [0.3, 0.4) is 0 Å². The zero-order valence-electron chi connectivity index (χ0n) is 16.0. The topological polar surface area (TPSA) is 29.1 Å². The third-order valence-electron chi connectivity index (χ3n) is 5.23. The predicted octanol–water partition coefficient (Wildman–Crippen LogP) is 7.28. The van der Waals surface area contributed by atoms with E-state index >= 15 is 0 Å². The number of amides is 1. The van der Waals surface area contributed by atoms with Gasteiger partial charge in [0.1, 0.15) is 0 Å². The minimum atomic E-state index is -0.0926. The van der Waals surface area contributed by atoms with Crippen LogP contribution in [0.4, 0.5) is 5.69 Å². The van der Waals surface area contributed by atoms with E-state index in [1.807, 2.05) is 42.5 Å². The Morgan fingerprint density at radius 3 is 2.48 bits per heavy atom. The van der Waals surface area contributed by atoms with E-state index in [2.05, 4.69) is 60.1 Å². The fourth-order valence-corrected chi connectivity index (χ4v) is 4.55. The van der Waals surface area contributed by atoms with Gasteiger partial charge in [0.15, 0.2) is 0 Å². The molecule has 0 aliphatic heterocycles. The molecule has 0 atom stereocenters. The average molecular weight is 394 g/mol. The molecule has 1 amide bonds. The molecular weight excluding hydrogens is 374 g/mol. The van der Waals surface area contributed by atoms with Gasteiger partial charge < -0.3 is 5.32 Å². The van der Waals surface area contributed by atoms with Crippen LogP contribution in [0.2, 0.25) is 0 Å². The molecule has 0 aliphatic carbocycles. The van der Waals surface area contributed by atoms with Crippen molar-refractivity contribution >= 4 is 43.8 Å². The summed E-state index contributed by atoms with van der Waals surface area (Å²) >= 11 is 1.66. The van der Waals surface area contributed by atoms with Gasteiger partial charge >= 0.3 is 0 Å². The maximum absolute atomic E-state index is 13.2. The van der Waals surface area contributed by atoms with Crippen molar-refractivity contribution in [3.8, 4) is 11.1 Å². The van der Waals surface area contributed by atoms with Crippen LogP contribution in [-0.4, -0.2) is 5.91 Å². The van der Waals surface area contributed by atoms with Gasteiger partial charge in [0.2, 0.25) is 0 Å². The number of benzene rings is 4. The summed E-state index contributed by atoms with van der Waals surface area (Å²) in [7, 11) is 0. The first-order valence-electron chi connectivity index (χ1n) is 9.56. The number of hydrogen-bond acceptors (Lipinski definition) is 2. The number of carbonyl (C=O) groups is 1. The van der Waals surface area contributed by atoms with Crippen LogP contribution in [0, 0.1) is 6.92 Å². The molecule has 0 aliphatic rings. The Morgan fingerprint density at radius 1 is 0.828 bits per heavy atom. The lowest BCUT2D eigenvalue weighted by molar-refractivity contribution is 0.102. The van der Waals surface area contributed by atoms with E-state index in [0.717, 1.165) is 32.3 Å². The molecule has 3 heteroatoms. The van der Waals surface area contributed by atoms with Crippen LogP contribution in [-0.2, 0) is 0 Å². The summed E-state index contributed by atoms with van der Waals surface area (Å²) in [5.74, 6) is -0.0926. The van der Waals surface area contributed by atoms with E-state index in [1.165, 1.54) is 10.9 Å². The largest absolute Gasteiger partial charge is 0.321 e. The Morgan fingerprint density at radius 2 is 1.62 bits per heavy atom. The van der Waals surface area contributed by atoms with Crippen molar-refractivity contribution in [2.45, 2.75) is 6.92 Å². The number of fused-ring (bicyclic) bond motifs is 2. The normalized spacial score (nSPS) is 11.1. The van der Waals surface area contributed by atoms with E-state index in [4.69, 9.17) is 0 Å². The highest BCUT2D eigenvalue weighted by atomic mass is 32.1. The monoisotopic (exact) mass is 393 g/mol. The van der Waals surface area contributed by atoms with Crippen molar-refractivity contribution < 1.29 is 4.79 Å². The zero-order valence-corrected chi connectivity index (χ0v) is 16.8. The van der Waals surface area contributed by atoms with Crippen LogP contribution >= 0.6 is 11.3 Å². The number of aryl methyl sites for hydroxylation is 1. The molecule has 140 valence electrons. The maximum Gasteiger partial charge on any atom is 0.255 e. The second-order valence-corrected chi connectivity index (χ2v) is 8.15. The summed E-state index contributed by atoms with van der Waals surface area (Å²) < 4.78 is 1.12. The summed E-state index contributed by atoms with van der Waals surface area (Å²) in [5.41, 5.74) is 4.94. The van der Waals surface area contributed by atoms with Crippen molar-refractivity contribution in [3.63, 3.8) is 0 Å². The molecule has 0 spiro atoms. The first-order valence-corrected chi connectivity index (χ1v) is 10.4. The molecule has 1 heterocycles. The lowest BCUT2D eigenvalue weighted by Crippen LogP contribution is -2.12. The van der Waals surface area contributed by atoms with Gasteiger partial charge in [-0.05, 0) is 53.1 Å². The quantitative estimate of drug-likeness (QED) is 0.343. The number of hydrogen-bond donors (Lipinski definition) is 1. The molecule has 0 bridgehead atoms. The van der Waals surface area contributed by atoms with Gasteiger partial charge in [-0.2, -0.15) is 0 Å². The lowest BCUT2D eigenvalue weighted by atomic mass is 9.98. The van der Waals surface area contributed by atoms with Crippen LogP contribution in [0.5, 0.6) is 0 Å². The Bertz CT molecular complexity index is 1340. The second-order valence-electron chi connectivity index (χ2n) is 7.20. The van der Waals surface area contributed by atoms with Gasteiger partial charge in [0.25, 0.3) is 5.91 Å². The number of carbonyl (C=O) groups excluding carboxylic acids is 1. The first kappa shape index (κ1) is 17.7. The lowest BCUT2D eigenvalue weighted by Gasteiger charge is -2.11. The van der Waals surface area contributed by atoms with Gasteiger partial charge in [-0.3, -0.25) is 4.79 Å². The number of nitrogens with one attached hydrogen (secondary N) is 1. The predicted molar refractivity (Wildman–Crippen MR) is 124 cm³/mol. The number of rotatable bonds is 3. The van der Waals surface area contributed by atoms with Gasteiger partial charge in [-0.1, -0.05) is 66.2 Å². The summed E-state index contributed by atoms with van der Waals surface area (Å²) in [6, 6.07) is 28.6. The first-order chi connectivity index (χ1) is 14.2. The fourth-order valence-electron chi connectivity index (χ4n) is 3.70. The molecular formula is C26H19NOS. The van der Waals surface area contributed by atoms with Crippen molar-refractivity contribution in [2.75, 3.05) is 5.32 Å². The molecule has 2 nitrogen and oxygen atoms in total. The molecule has 29 heavy (non-hydrogen) atoms. The molecule has 1 N–H and O–H groups in total. The summed E-state index contributed by atoms with van der Waals surface area (Å²) in [6.07, 6.45) is 0. The summed E-state index contributed by atoms with van der Waals surface area (Å²) in [6.45, 7) is 2.08. The van der Waals surface area contributed by atoms with Crippen LogP contribution in [0.15, 0.2) is 90.3 Å². The van der Waals surface area contributed by atoms with Crippen LogP contribution in [0.1, 0.15) is 15.9 Å². The molecule has 0 fully saturated rings. The second kappa shape index (κ2) is 7.19. The Kier molecular flexibility index (Phi) is 4.38. The highest BCUT2D eigenvalue weighted by molar-refractivity contribution is 7.17. The highest BCUT2D eigenvalue weighted by Crippen LogP contribution is 2.34. The molecule has 0 radical (unpaired) electrons. The maximum atomic E-state index is 13.2. The Labute approximate surface area is 173 Å². The molecule has 5 aromatic rings. The Balaban J connectivity index is 1.58. The van der Waals surface area contributed by atoms with Gasteiger partial charge in [-0.25, -0.2) is 0 Å². The SMILES string of the molecule is Cc1ccc(-c2cc(C(=O)Nc3cccc4ccccc34)cc3sccc23)cc1. The highest BCUT2D eigenvalue weighted by Gasteiger charge is 2.14. The molecule has 4 aromatic carbocycles. The van der Waals surface area contributed by atoms with E-state index in [-0.39, 0.29) is 5.91 Å². The number of thiophene rings is 1. The van der Waals surface area contributed by atoms with Gasteiger partial charge in [-0.15, -0.1) is 11.3 Å². The van der Waals surface area contributed by atoms with Crippen molar-refractivity contribution in [1.29, 1.82) is 0 Å². The molecule has 1 aromatic heterocycles. The standard InChI is InChI=1S/C26H19NOS/c1-17-9-11-19(12-10-17)23-15-20(16-25-22(23)13-14-29-25)26(28)27-24-8-4-6-18-5-2-3-7-21(18)24/h2-16H,1H3,(H,27,28). The van der Waals surface area contributed by atoms with Crippen molar-refractivity contribution in [3.05, 3.63) is 101 Å². The number of anilines is 1. The van der Waals surface area contributed by atoms with E-state index in [1.54, 1.807) is 11.3 Å². The van der Waals surface area contributed by atoms with Gasteiger partial charge in [0.05, 0.1) is 0 Å². The summed E-state index contributed by atoms with van der Waals surface area (Å²) in [4.78, 5) is 13.2. The third kappa shape index (κ3) is 3.30. The molecule has 0 saturated heterocycles. The minimum Gasteiger partial charge on any atom is -0.321 e. The smallest absolute Gasteiger partial charge is 0.255 e. The van der Waals surface area contributed by atoms with E-state index in [0.29, 0.717) is 5.56 Å². The molecule has 0 saturated carbocycles.